The molecule has 6 nitrogen and oxygen atoms in total. The SMILES string of the molecule is CCN1C(=O)N(C(=O)c2ccc(Cl)cc2Cl)C[C@@H]1Cc1cn(Cc2ccccc2)cn1. The van der Waals surface area contributed by atoms with Crippen molar-refractivity contribution in [3.8, 4) is 0 Å². The molecule has 4 rings (SSSR count). The predicted octanol–water partition coefficient (Wildman–Crippen LogP) is 4.75. The number of rotatable bonds is 6. The van der Waals surface area contributed by atoms with Crippen molar-refractivity contribution < 1.29 is 9.59 Å². The fourth-order valence-electron chi connectivity index (χ4n) is 3.88. The lowest BCUT2D eigenvalue weighted by atomic mass is 10.1. The molecule has 1 aliphatic rings. The number of hydrogen-bond acceptors (Lipinski definition) is 3. The van der Waals surface area contributed by atoms with E-state index in [4.69, 9.17) is 23.2 Å². The Morgan fingerprint density at radius 2 is 1.94 bits per heavy atom. The summed E-state index contributed by atoms with van der Waals surface area (Å²) in [7, 11) is 0. The summed E-state index contributed by atoms with van der Waals surface area (Å²) in [5.41, 5.74) is 2.34. The second kappa shape index (κ2) is 9.12. The highest BCUT2D eigenvalue weighted by Crippen LogP contribution is 2.26. The van der Waals surface area contributed by atoms with Crippen LogP contribution < -0.4 is 0 Å². The molecule has 1 saturated heterocycles. The molecule has 1 atom stereocenters. The van der Waals surface area contributed by atoms with Crippen molar-refractivity contribution in [3.63, 3.8) is 0 Å². The number of carbonyl (C=O) groups is 2. The first kappa shape index (κ1) is 21.4. The summed E-state index contributed by atoms with van der Waals surface area (Å²) < 4.78 is 2.02. The minimum absolute atomic E-state index is 0.146. The normalized spacial score (nSPS) is 16.2. The monoisotopic (exact) mass is 456 g/mol. The summed E-state index contributed by atoms with van der Waals surface area (Å²) in [6, 6.07) is 14.3. The third-order valence-corrected chi connectivity index (χ3v) is 5.95. The summed E-state index contributed by atoms with van der Waals surface area (Å²) >= 11 is 12.1. The summed E-state index contributed by atoms with van der Waals surface area (Å²) in [5, 5.41) is 0.671. The van der Waals surface area contributed by atoms with Gasteiger partial charge in [0, 0.05) is 30.7 Å². The zero-order chi connectivity index (χ0) is 22.0. The molecular weight excluding hydrogens is 435 g/mol. The zero-order valence-electron chi connectivity index (χ0n) is 17.0. The quantitative estimate of drug-likeness (QED) is 0.537. The Kier molecular flexibility index (Phi) is 6.30. The molecule has 3 aromatic rings. The van der Waals surface area contributed by atoms with E-state index in [0.717, 1.165) is 12.2 Å². The number of aromatic nitrogens is 2. The Balaban J connectivity index is 1.48. The highest BCUT2D eigenvalue weighted by Gasteiger charge is 2.40. The largest absolute Gasteiger partial charge is 0.333 e. The molecule has 0 bridgehead atoms. The van der Waals surface area contributed by atoms with Gasteiger partial charge in [-0.05, 0) is 30.7 Å². The van der Waals surface area contributed by atoms with Gasteiger partial charge in [0.05, 0.1) is 35.2 Å². The van der Waals surface area contributed by atoms with Gasteiger partial charge in [0.2, 0.25) is 0 Å². The molecule has 3 amide bonds. The lowest BCUT2D eigenvalue weighted by Gasteiger charge is -2.20. The molecule has 1 aliphatic heterocycles. The van der Waals surface area contributed by atoms with E-state index in [1.807, 2.05) is 35.9 Å². The van der Waals surface area contributed by atoms with Crippen molar-refractivity contribution in [3.05, 3.63) is 87.9 Å². The molecule has 0 saturated carbocycles. The van der Waals surface area contributed by atoms with Crippen LogP contribution >= 0.6 is 23.2 Å². The van der Waals surface area contributed by atoms with E-state index in [-0.39, 0.29) is 29.2 Å². The van der Waals surface area contributed by atoms with Crippen LogP contribution in [0, 0.1) is 0 Å². The van der Waals surface area contributed by atoms with Crippen molar-refractivity contribution >= 4 is 35.1 Å². The molecule has 0 spiro atoms. The molecule has 0 radical (unpaired) electrons. The lowest BCUT2D eigenvalue weighted by molar-refractivity contribution is 0.0822. The van der Waals surface area contributed by atoms with Crippen molar-refractivity contribution in [2.45, 2.75) is 25.9 Å². The third kappa shape index (κ3) is 4.60. The van der Waals surface area contributed by atoms with Crippen molar-refractivity contribution in [2.75, 3.05) is 13.1 Å². The summed E-state index contributed by atoms with van der Waals surface area (Å²) in [5.74, 6) is -0.415. The number of imidazole rings is 1. The van der Waals surface area contributed by atoms with Crippen molar-refractivity contribution in [1.29, 1.82) is 0 Å². The van der Waals surface area contributed by atoms with Gasteiger partial charge < -0.3 is 9.47 Å². The Morgan fingerprint density at radius 3 is 2.65 bits per heavy atom. The zero-order valence-corrected chi connectivity index (χ0v) is 18.6. The van der Waals surface area contributed by atoms with Crippen LogP contribution in [0.4, 0.5) is 4.79 Å². The van der Waals surface area contributed by atoms with Crippen LogP contribution in [0.2, 0.25) is 10.0 Å². The number of nitrogens with zero attached hydrogens (tertiary/aromatic N) is 4. The van der Waals surface area contributed by atoms with Crippen LogP contribution in [-0.4, -0.2) is 50.4 Å². The molecule has 0 unspecified atom stereocenters. The number of halogens is 2. The Hall–Kier alpha value is -2.83. The van der Waals surface area contributed by atoms with Gasteiger partial charge in [0.15, 0.2) is 0 Å². The molecule has 0 N–H and O–H groups in total. The van der Waals surface area contributed by atoms with E-state index in [1.54, 1.807) is 23.4 Å². The fourth-order valence-corrected chi connectivity index (χ4v) is 4.37. The second-order valence-electron chi connectivity index (χ2n) is 7.49. The van der Waals surface area contributed by atoms with E-state index in [1.165, 1.54) is 16.5 Å². The maximum Gasteiger partial charge on any atom is 0.327 e. The number of amides is 3. The summed E-state index contributed by atoms with van der Waals surface area (Å²) in [4.78, 5) is 33.4. The highest BCUT2D eigenvalue weighted by atomic mass is 35.5. The minimum Gasteiger partial charge on any atom is -0.333 e. The smallest absolute Gasteiger partial charge is 0.327 e. The van der Waals surface area contributed by atoms with Crippen LogP contribution in [0.5, 0.6) is 0 Å². The lowest BCUT2D eigenvalue weighted by Crippen LogP contribution is -2.37. The van der Waals surface area contributed by atoms with Crippen LogP contribution in [0.1, 0.15) is 28.5 Å². The van der Waals surface area contributed by atoms with Crippen LogP contribution in [0.15, 0.2) is 61.1 Å². The van der Waals surface area contributed by atoms with E-state index in [2.05, 4.69) is 17.1 Å². The predicted molar refractivity (Wildman–Crippen MR) is 121 cm³/mol. The molecular formula is C23H22Cl2N4O2. The maximum atomic E-state index is 13.0. The van der Waals surface area contributed by atoms with Gasteiger partial charge in [0.25, 0.3) is 5.91 Å². The van der Waals surface area contributed by atoms with Gasteiger partial charge in [-0.15, -0.1) is 0 Å². The van der Waals surface area contributed by atoms with Crippen LogP contribution in [0.3, 0.4) is 0 Å². The van der Waals surface area contributed by atoms with E-state index < -0.39 is 5.91 Å². The highest BCUT2D eigenvalue weighted by molar-refractivity contribution is 6.37. The topological polar surface area (TPSA) is 58.4 Å². The van der Waals surface area contributed by atoms with Crippen LogP contribution in [-0.2, 0) is 13.0 Å². The van der Waals surface area contributed by atoms with Gasteiger partial charge in [-0.2, -0.15) is 0 Å². The maximum absolute atomic E-state index is 13.0. The number of urea groups is 1. The average Bonchev–Trinajstić information content (AvgIpc) is 3.32. The first-order chi connectivity index (χ1) is 15.0. The summed E-state index contributed by atoms with van der Waals surface area (Å²) in [6.45, 7) is 3.43. The van der Waals surface area contributed by atoms with Gasteiger partial charge in [-0.25, -0.2) is 9.78 Å². The second-order valence-corrected chi connectivity index (χ2v) is 8.33. The molecule has 0 aliphatic carbocycles. The molecule has 1 aromatic heterocycles. The molecule has 8 heteroatoms. The number of imide groups is 1. The Labute approximate surface area is 191 Å². The minimum atomic E-state index is -0.415. The number of carbonyl (C=O) groups excluding carboxylic acids is 2. The Bertz CT molecular complexity index is 1100. The van der Waals surface area contributed by atoms with Gasteiger partial charge >= 0.3 is 6.03 Å². The van der Waals surface area contributed by atoms with E-state index >= 15 is 0 Å². The third-order valence-electron chi connectivity index (χ3n) is 5.40. The molecule has 160 valence electrons. The van der Waals surface area contributed by atoms with Gasteiger partial charge in [-0.3, -0.25) is 9.69 Å². The van der Waals surface area contributed by atoms with E-state index in [0.29, 0.717) is 18.0 Å². The van der Waals surface area contributed by atoms with Gasteiger partial charge in [-0.1, -0.05) is 53.5 Å². The van der Waals surface area contributed by atoms with Crippen molar-refractivity contribution in [1.82, 2.24) is 19.4 Å². The standard InChI is InChI=1S/C23H22Cl2N4O2/c1-2-28-19(11-18-13-27(15-26-18)12-16-6-4-3-5-7-16)14-29(23(28)31)22(30)20-9-8-17(24)10-21(20)25/h3-10,13,15,19H,2,11-12,14H2,1H3/t19-/m0/s1. The Morgan fingerprint density at radius 1 is 1.16 bits per heavy atom. The molecule has 2 heterocycles. The fraction of sp³-hybridized carbons (Fsp3) is 0.261. The first-order valence-corrected chi connectivity index (χ1v) is 10.8. The van der Waals surface area contributed by atoms with Gasteiger partial charge in [0.1, 0.15) is 0 Å². The number of hydrogen-bond donors (Lipinski definition) is 0. The first-order valence-electron chi connectivity index (χ1n) is 10.1. The molecule has 31 heavy (non-hydrogen) atoms. The van der Waals surface area contributed by atoms with Crippen LogP contribution in [0.25, 0.3) is 0 Å². The number of likely N-dealkylation sites (N-methyl/N-ethyl adjacent to an activating group) is 1. The average molecular weight is 457 g/mol. The molecule has 1 fully saturated rings. The number of benzene rings is 2. The summed E-state index contributed by atoms with van der Waals surface area (Å²) in [6.07, 6.45) is 4.36. The van der Waals surface area contributed by atoms with E-state index in [9.17, 15) is 9.59 Å². The van der Waals surface area contributed by atoms with Crippen molar-refractivity contribution in [2.24, 2.45) is 0 Å². The molecule has 2 aromatic carbocycles.